The number of anilines is 3. The number of amides is 4. The quantitative estimate of drug-likeness (QED) is 0.107. The summed E-state index contributed by atoms with van der Waals surface area (Å²) >= 11 is 0. The van der Waals surface area contributed by atoms with E-state index in [1.807, 2.05) is 59.6 Å². The molecular weight excluding hydrogens is 814 g/mol. The number of nitrogens with one attached hydrogen (secondary N) is 4. The van der Waals surface area contributed by atoms with Crippen LogP contribution in [0.5, 0.6) is 0 Å². The number of carbonyl (C=O) groups excluding carboxylic acids is 4. The van der Waals surface area contributed by atoms with E-state index in [2.05, 4.69) is 47.2 Å². The molecule has 3 aliphatic rings. The summed E-state index contributed by atoms with van der Waals surface area (Å²) in [7, 11) is 0. The Bertz CT molecular complexity index is 2460. The number of rotatable bonds is 15. The van der Waals surface area contributed by atoms with E-state index in [0.717, 1.165) is 67.8 Å². The zero-order valence-electron chi connectivity index (χ0n) is 35.6. The molecule has 2 unspecified atom stereocenters. The Morgan fingerprint density at radius 2 is 1.67 bits per heavy atom. The van der Waals surface area contributed by atoms with Crippen molar-refractivity contribution in [3.63, 3.8) is 0 Å². The molecule has 3 saturated heterocycles. The molecule has 3 aromatic carbocycles. The molecule has 5 heterocycles. The number of aromatic nitrogens is 3. The first-order valence-electron chi connectivity index (χ1n) is 21.9. The van der Waals surface area contributed by atoms with Crippen molar-refractivity contribution >= 4 is 40.8 Å². The van der Waals surface area contributed by atoms with Crippen LogP contribution >= 0.6 is 0 Å². The Morgan fingerprint density at radius 1 is 0.891 bits per heavy atom. The van der Waals surface area contributed by atoms with Gasteiger partial charge >= 0.3 is 0 Å². The molecule has 8 rings (SSSR count). The Labute approximate surface area is 371 Å². The van der Waals surface area contributed by atoms with Crippen molar-refractivity contribution in [3.05, 3.63) is 126 Å². The van der Waals surface area contributed by atoms with Crippen molar-refractivity contribution < 1.29 is 23.6 Å². The van der Waals surface area contributed by atoms with Gasteiger partial charge in [0.1, 0.15) is 30.3 Å². The van der Waals surface area contributed by atoms with Gasteiger partial charge < -0.3 is 25.8 Å². The predicted molar refractivity (Wildman–Crippen MR) is 240 cm³/mol. The van der Waals surface area contributed by atoms with Crippen LogP contribution in [0.25, 0.3) is 11.1 Å². The molecule has 330 valence electrons. The van der Waals surface area contributed by atoms with Crippen molar-refractivity contribution in [2.24, 2.45) is 5.92 Å². The third-order valence-electron chi connectivity index (χ3n) is 12.2. The molecule has 5 aromatic rings. The van der Waals surface area contributed by atoms with E-state index in [1.54, 1.807) is 47.4 Å². The number of nitriles is 1. The molecule has 3 fully saturated rings. The molecule has 0 aliphatic carbocycles. The van der Waals surface area contributed by atoms with Crippen LogP contribution in [-0.2, 0) is 32.1 Å². The highest BCUT2D eigenvalue weighted by molar-refractivity contribution is 6.01. The van der Waals surface area contributed by atoms with Crippen LogP contribution in [0, 0.1) is 23.1 Å². The molecule has 0 radical (unpaired) electrons. The Morgan fingerprint density at radius 3 is 2.38 bits per heavy atom. The second kappa shape index (κ2) is 20.5. The van der Waals surface area contributed by atoms with E-state index >= 15 is 4.39 Å². The number of imide groups is 1. The minimum atomic E-state index is -0.603. The van der Waals surface area contributed by atoms with Gasteiger partial charge in [-0.1, -0.05) is 42.5 Å². The van der Waals surface area contributed by atoms with Gasteiger partial charge in [0, 0.05) is 88.0 Å². The van der Waals surface area contributed by atoms with E-state index in [0.29, 0.717) is 61.1 Å². The lowest BCUT2D eigenvalue weighted by atomic mass is 9.95. The van der Waals surface area contributed by atoms with Gasteiger partial charge in [0.15, 0.2) is 0 Å². The predicted octanol–water partition coefficient (Wildman–Crippen LogP) is 4.75. The van der Waals surface area contributed by atoms with E-state index in [1.165, 1.54) is 6.07 Å². The average molecular weight is 866 g/mol. The Hall–Kier alpha value is -6.96. The SMILES string of the molecule is N#Cc1ccc(CCNC(C(=O)Nc2ccc(-c3cnn(CC(=O)N4CCN(CC5CCN(c6ccc(NC7CCC(=O)NC7=O)cc6F)CC5)CC4)c3)cn2)c2ccccc2)cc1. The lowest BCUT2D eigenvalue weighted by Gasteiger charge is -2.39. The van der Waals surface area contributed by atoms with E-state index < -0.39 is 12.1 Å². The number of piperidine rings is 2. The summed E-state index contributed by atoms with van der Waals surface area (Å²) in [6.07, 6.45) is 8.42. The van der Waals surface area contributed by atoms with E-state index in [4.69, 9.17) is 5.26 Å². The third kappa shape index (κ3) is 11.2. The highest BCUT2D eigenvalue weighted by atomic mass is 19.1. The summed E-state index contributed by atoms with van der Waals surface area (Å²) < 4.78 is 16.9. The first-order chi connectivity index (χ1) is 31.2. The van der Waals surface area contributed by atoms with Crippen LogP contribution < -0.4 is 26.2 Å². The second-order valence-electron chi connectivity index (χ2n) is 16.6. The monoisotopic (exact) mass is 865 g/mol. The molecule has 0 bridgehead atoms. The van der Waals surface area contributed by atoms with Gasteiger partial charge in [-0.05, 0) is 85.2 Å². The molecule has 0 saturated carbocycles. The number of nitrogens with zero attached hydrogens (tertiary/aromatic N) is 7. The van der Waals surface area contributed by atoms with Crippen LogP contribution in [0.2, 0.25) is 0 Å². The van der Waals surface area contributed by atoms with Gasteiger partial charge in [0.2, 0.25) is 23.6 Å². The zero-order valence-corrected chi connectivity index (χ0v) is 35.6. The second-order valence-corrected chi connectivity index (χ2v) is 16.6. The fourth-order valence-corrected chi connectivity index (χ4v) is 8.58. The van der Waals surface area contributed by atoms with Crippen LogP contribution in [0.3, 0.4) is 0 Å². The number of benzene rings is 3. The maximum atomic E-state index is 15.2. The normalized spacial score (nSPS) is 17.7. The molecule has 0 spiro atoms. The highest BCUT2D eigenvalue weighted by Crippen LogP contribution is 2.29. The van der Waals surface area contributed by atoms with Crippen molar-refractivity contribution in [2.75, 3.05) is 67.9 Å². The molecule has 3 aliphatic heterocycles. The topological polar surface area (TPSA) is 181 Å². The third-order valence-corrected chi connectivity index (χ3v) is 12.2. The summed E-state index contributed by atoms with van der Waals surface area (Å²) in [6.45, 7) is 5.99. The summed E-state index contributed by atoms with van der Waals surface area (Å²) in [6, 6.07) is 26.5. The van der Waals surface area contributed by atoms with E-state index in [-0.39, 0.29) is 42.4 Å². The maximum absolute atomic E-state index is 15.2. The van der Waals surface area contributed by atoms with Crippen LogP contribution in [0.1, 0.15) is 48.4 Å². The molecule has 64 heavy (non-hydrogen) atoms. The largest absolute Gasteiger partial charge is 0.374 e. The van der Waals surface area contributed by atoms with Crippen molar-refractivity contribution in [1.29, 1.82) is 5.26 Å². The fourth-order valence-electron chi connectivity index (χ4n) is 8.58. The number of hydrogen-bond donors (Lipinski definition) is 4. The molecule has 16 heteroatoms. The average Bonchev–Trinajstić information content (AvgIpc) is 3.78. The van der Waals surface area contributed by atoms with Gasteiger partial charge in [0.05, 0.1) is 23.5 Å². The first-order valence-corrected chi connectivity index (χ1v) is 21.9. The summed E-state index contributed by atoms with van der Waals surface area (Å²) in [5, 5.41) is 25.2. The van der Waals surface area contributed by atoms with Crippen LogP contribution in [-0.4, -0.2) is 107 Å². The van der Waals surface area contributed by atoms with Crippen LogP contribution in [0.15, 0.2) is 104 Å². The molecule has 4 N–H and O–H groups in total. The van der Waals surface area contributed by atoms with Crippen molar-refractivity contribution in [1.82, 2.24) is 35.2 Å². The summed E-state index contributed by atoms with van der Waals surface area (Å²) in [5.41, 5.74) is 5.18. The minimum absolute atomic E-state index is 0.0117. The fraction of sp³-hybridized carbons (Fsp3) is 0.354. The molecule has 2 atom stereocenters. The van der Waals surface area contributed by atoms with Crippen molar-refractivity contribution in [2.45, 2.75) is 50.7 Å². The minimum Gasteiger partial charge on any atom is -0.374 e. The zero-order chi connectivity index (χ0) is 44.4. The lowest BCUT2D eigenvalue weighted by Crippen LogP contribution is -2.51. The number of halogens is 1. The van der Waals surface area contributed by atoms with Gasteiger partial charge in [-0.2, -0.15) is 10.4 Å². The highest BCUT2D eigenvalue weighted by Gasteiger charge is 2.29. The number of pyridine rings is 1. The Kier molecular flexibility index (Phi) is 14.0. The number of hydrogen-bond acceptors (Lipinski definition) is 11. The van der Waals surface area contributed by atoms with Gasteiger partial charge in [-0.3, -0.25) is 34.1 Å². The molecule has 15 nitrogen and oxygen atoms in total. The van der Waals surface area contributed by atoms with Gasteiger partial charge in [0.25, 0.3) is 0 Å². The van der Waals surface area contributed by atoms with Crippen molar-refractivity contribution in [3.8, 4) is 17.2 Å². The Balaban J connectivity index is 0.758. The number of carbonyl (C=O) groups is 4. The van der Waals surface area contributed by atoms with Gasteiger partial charge in [-0.15, -0.1) is 0 Å². The standard InChI is InChI=1S/C48H52FN11O4/c49-40-26-39(54-41-12-15-44(61)56-47(41)63)11-13-42(40)58-20-17-35(18-21-58)30-57-22-24-59(25-23-57)45(62)32-60-31-38(29-53-60)37-10-14-43(52-28-37)55-48(64)46(36-4-2-1-3-5-36)51-19-16-33-6-8-34(27-50)9-7-33/h1-11,13-14,26,28-29,31,35,41,46,51,54H,12,15-25,30,32H2,(H,52,55,64)(H,56,61,63). The summed E-state index contributed by atoms with van der Waals surface area (Å²) in [4.78, 5) is 61.3. The van der Waals surface area contributed by atoms with Crippen LogP contribution in [0.4, 0.5) is 21.6 Å². The smallest absolute Gasteiger partial charge is 0.249 e. The summed E-state index contributed by atoms with van der Waals surface area (Å²) in [5.74, 6) is -0.343. The van der Waals surface area contributed by atoms with Gasteiger partial charge in [-0.25, -0.2) is 9.37 Å². The molecular formula is C48H52FN11O4. The lowest BCUT2D eigenvalue weighted by molar-refractivity contribution is -0.134. The van der Waals surface area contributed by atoms with E-state index in [9.17, 15) is 19.2 Å². The first kappa shape index (κ1) is 43.7. The molecule has 4 amide bonds. The maximum Gasteiger partial charge on any atom is 0.249 e. The molecule has 2 aromatic heterocycles. The number of piperazine rings is 1.